The van der Waals surface area contributed by atoms with Gasteiger partial charge in [-0.2, -0.15) is 0 Å². The standard InChI is InChI=1S/C20H19ClO7/c1-24-19(22)13-8-14(20(23)25-2)10-15(9-13)28-11-12-6-16(21)18-17(7-12)26-4-3-5-27-18/h6-10H,3-5,11H2,1-2H3. The van der Waals surface area contributed by atoms with E-state index in [-0.39, 0.29) is 17.7 Å². The van der Waals surface area contributed by atoms with Gasteiger partial charge in [0.2, 0.25) is 0 Å². The molecule has 0 saturated heterocycles. The predicted molar refractivity (Wildman–Crippen MR) is 101 cm³/mol. The second-order valence-corrected chi connectivity index (χ2v) is 6.38. The van der Waals surface area contributed by atoms with Gasteiger partial charge in [0.15, 0.2) is 11.5 Å². The van der Waals surface area contributed by atoms with Crippen LogP contribution in [-0.4, -0.2) is 39.4 Å². The molecule has 1 aliphatic heterocycles. The maximum absolute atomic E-state index is 11.9. The third-order valence-electron chi connectivity index (χ3n) is 4.02. The predicted octanol–water partition coefficient (Wildman–Crippen LogP) is 3.65. The number of benzene rings is 2. The van der Waals surface area contributed by atoms with Crippen molar-refractivity contribution in [3.05, 3.63) is 52.0 Å². The molecule has 0 bridgehead atoms. The molecule has 7 nitrogen and oxygen atoms in total. The molecule has 0 aromatic heterocycles. The lowest BCUT2D eigenvalue weighted by Crippen LogP contribution is -2.08. The summed E-state index contributed by atoms with van der Waals surface area (Å²) in [6.07, 6.45) is 0.771. The van der Waals surface area contributed by atoms with Gasteiger partial charge in [-0.25, -0.2) is 9.59 Å². The number of ether oxygens (including phenoxy) is 5. The first kappa shape index (κ1) is 19.8. The number of rotatable bonds is 5. The number of methoxy groups -OCH3 is 2. The van der Waals surface area contributed by atoms with Crippen molar-refractivity contribution in [1.82, 2.24) is 0 Å². The van der Waals surface area contributed by atoms with Gasteiger partial charge < -0.3 is 23.7 Å². The first-order chi connectivity index (χ1) is 13.5. The molecular formula is C20H19ClO7. The van der Waals surface area contributed by atoms with Crippen LogP contribution in [0.3, 0.4) is 0 Å². The fraction of sp³-hybridized carbons (Fsp3) is 0.300. The molecule has 0 aliphatic carbocycles. The van der Waals surface area contributed by atoms with Crippen LogP contribution in [-0.2, 0) is 16.1 Å². The van der Waals surface area contributed by atoms with Crippen molar-refractivity contribution in [3.8, 4) is 17.2 Å². The van der Waals surface area contributed by atoms with Gasteiger partial charge in [-0.1, -0.05) is 11.6 Å². The Balaban J connectivity index is 1.84. The number of hydrogen-bond acceptors (Lipinski definition) is 7. The Bertz CT molecular complexity index is 860. The quantitative estimate of drug-likeness (QED) is 0.701. The van der Waals surface area contributed by atoms with Gasteiger partial charge >= 0.3 is 11.9 Å². The Morgan fingerprint density at radius 2 is 1.61 bits per heavy atom. The monoisotopic (exact) mass is 406 g/mol. The van der Waals surface area contributed by atoms with Crippen LogP contribution in [0.1, 0.15) is 32.7 Å². The first-order valence-corrected chi connectivity index (χ1v) is 8.92. The molecule has 0 saturated carbocycles. The van der Waals surface area contributed by atoms with Crippen LogP contribution in [0.2, 0.25) is 5.02 Å². The van der Waals surface area contributed by atoms with E-state index in [1.807, 2.05) is 0 Å². The number of carbonyl (C=O) groups excluding carboxylic acids is 2. The Kier molecular flexibility index (Phi) is 6.26. The van der Waals surface area contributed by atoms with Crippen LogP contribution in [0.4, 0.5) is 0 Å². The zero-order valence-electron chi connectivity index (χ0n) is 15.5. The minimum absolute atomic E-state index is 0.140. The van der Waals surface area contributed by atoms with Crippen molar-refractivity contribution in [2.45, 2.75) is 13.0 Å². The Morgan fingerprint density at radius 1 is 0.964 bits per heavy atom. The van der Waals surface area contributed by atoms with Gasteiger partial charge in [0.25, 0.3) is 0 Å². The van der Waals surface area contributed by atoms with Crippen molar-refractivity contribution in [3.63, 3.8) is 0 Å². The molecule has 0 radical (unpaired) electrons. The van der Waals surface area contributed by atoms with E-state index >= 15 is 0 Å². The largest absolute Gasteiger partial charge is 0.489 e. The van der Waals surface area contributed by atoms with Gasteiger partial charge in [0, 0.05) is 6.42 Å². The summed E-state index contributed by atoms with van der Waals surface area (Å²) in [4.78, 5) is 23.7. The van der Waals surface area contributed by atoms with E-state index in [9.17, 15) is 9.59 Å². The smallest absolute Gasteiger partial charge is 0.338 e. The summed E-state index contributed by atoms with van der Waals surface area (Å²) >= 11 is 6.29. The lowest BCUT2D eigenvalue weighted by atomic mass is 10.1. The van der Waals surface area contributed by atoms with Gasteiger partial charge in [-0.05, 0) is 35.9 Å². The van der Waals surface area contributed by atoms with Gasteiger partial charge in [-0.3, -0.25) is 0 Å². The van der Waals surface area contributed by atoms with Crippen LogP contribution >= 0.6 is 11.6 Å². The highest BCUT2D eigenvalue weighted by atomic mass is 35.5. The molecule has 1 aliphatic rings. The Morgan fingerprint density at radius 3 is 2.25 bits per heavy atom. The van der Waals surface area contributed by atoms with Crippen LogP contribution in [0.15, 0.2) is 30.3 Å². The SMILES string of the molecule is COC(=O)c1cc(OCc2cc(Cl)c3c(c2)OCCCO3)cc(C(=O)OC)c1. The molecule has 0 spiro atoms. The summed E-state index contributed by atoms with van der Waals surface area (Å²) in [6.45, 7) is 1.22. The number of fused-ring (bicyclic) bond motifs is 1. The molecule has 2 aromatic carbocycles. The van der Waals surface area contributed by atoms with Crippen LogP contribution < -0.4 is 14.2 Å². The van der Waals surface area contributed by atoms with Crippen LogP contribution in [0, 0.1) is 0 Å². The molecule has 148 valence electrons. The maximum atomic E-state index is 11.9. The Hall–Kier alpha value is -2.93. The lowest BCUT2D eigenvalue weighted by Gasteiger charge is -2.13. The minimum atomic E-state index is -0.589. The highest BCUT2D eigenvalue weighted by Crippen LogP contribution is 2.38. The molecule has 0 N–H and O–H groups in total. The van der Waals surface area contributed by atoms with Crippen molar-refractivity contribution in [1.29, 1.82) is 0 Å². The molecule has 2 aromatic rings. The maximum Gasteiger partial charge on any atom is 0.338 e. The molecule has 8 heteroatoms. The normalized spacial score (nSPS) is 12.7. The fourth-order valence-electron chi connectivity index (χ4n) is 2.69. The van der Waals surface area contributed by atoms with E-state index in [1.54, 1.807) is 12.1 Å². The number of esters is 2. The van der Waals surface area contributed by atoms with Crippen molar-refractivity contribution in [2.24, 2.45) is 0 Å². The van der Waals surface area contributed by atoms with Crippen molar-refractivity contribution < 1.29 is 33.3 Å². The molecule has 28 heavy (non-hydrogen) atoms. The second kappa shape index (κ2) is 8.84. The molecular weight excluding hydrogens is 388 g/mol. The molecule has 0 amide bonds. The summed E-state index contributed by atoms with van der Waals surface area (Å²) in [5.74, 6) is 0.209. The average Bonchev–Trinajstić information content (AvgIpc) is 2.96. The van der Waals surface area contributed by atoms with Crippen molar-refractivity contribution in [2.75, 3.05) is 27.4 Å². The number of carbonyl (C=O) groups is 2. The molecule has 0 fully saturated rings. The zero-order valence-corrected chi connectivity index (χ0v) is 16.2. The van der Waals surface area contributed by atoms with Gasteiger partial charge in [0.1, 0.15) is 12.4 Å². The van der Waals surface area contributed by atoms with E-state index in [0.29, 0.717) is 35.5 Å². The van der Waals surface area contributed by atoms with Gasteiger partial charge in [0.05, 0.1) is 43.6 Å². The fourth-order valence-corrected chi connectivity index (χ4v) is 2.98. The highest BCUT2D eigenvalue weighted by Gasteiger charge is 2.17. The van der Waals surface area contributed by atoms with E-state index in [0.717, 1.165) is 12.0 Å². The number of halogens is 1. The molecule has 0 atom stereocenters. The summed E-state index contributed by atoms with van der Waals surface area (Å²) in [5.41, 5.74) is 1.10. The topological polar surface area (TPSA) is 80.3 Å². The average molecular weight is 407 g/mol. The first-order valence-electron chi connectivity index (χ1n) is 8.54. The van der Waals surface area contributed by atoms with E-state index in [2.05, 4.69) is 0 Å². The zero-order chi connectivity index (χ0) is 20.1. The lowest BCUT2D eigenvalue weighted by molar-refractivity contribution is 0.0598. The highest BCUT2D eigenvalue weighted by molar-refractivity contribution is 6.32. The third-order valence-corrected chi connectivity index (χ3v) is 4.30. The van der Waals surface area contributed by atoms with Gasteiger partial charge in [-0.15, -0.1) is 0 Å². The Labute approximate surface area is 167 Å². The van der Waals surface area contributed by atoms with E-state index in [4.69, 9.17) is 35.3 Å². The minimum Gasteiger partial charge on any atom is -0.489 e. The van der Waals surface area contributed by atoms with Crippen LogP contribution in [0.25, 0.3) is 0 Å². The summed E-state index contributed by atoms with van der Waals surface area (Å²) in [7, 11) is 2.51. The molecule has 3 rings (SSSR count). The van der Waals surface area contributed by atoms with Crippen molar-refractivity contribution >= 4 is 23.5 Å². The summed E-state index contributed by atoms with van der Waals surface area (Å²) in [5, 5.41) is 0.427. The third kappa shape index (κ3) is 4.48. The van der Waals surface area contributed by atoms with E-state index < -0.39 is 11.9 Å². The molecule has 1 heterocycles. The number of hydrogen-bond donors (Lipinski definition) is 0. The van der Waals surface area contributed by atoms with E-state index in [1.165, 1.54) is 32.4 Å². The summed E-state index contributed by atoms with van der Waals surface area (Å²) in [6, 6.07) is 7.87. The summed E-state index contributed by atoms with van der Waals surface area (Å²) < 4.78 is 26.5. The molecule has 0 unspecified atom stereocenters. The second-order valence-electron chi connectivity index (χ2n) is 5.97. The van der Waals surface area contributed by atoms with Crippen LogP contribution in [0.5, 0.6) is 17.2 Å².